The number of nitrogens with zero attached hydrogens (tertiary/aromatic N) is 3. The number of aromatic nitrogens is 1. The van der Waals surface area contributed by atoms with Crippen LogP contribution in [-0.2, 0) is 11.3 Å². The molecule has 0 aromatic carbocycles. The second-order valence-corrected chi connectivity index (χ2v) is 4.35. The summed E-state index contributed by atoms with van der Waals surface area (Å²) < 4.78 is 1.51. The van der Waals surface area contributed by atoms with E-state index in [1.165, 1.54) is 21.7 Å². The van der Waals surface area contributed by atoms with Crippen molar-refractivity contribution < 1.29 is 19.6 Å². The van der Waals surface area contributed by atoms with E-state index in [9.17, 15) is 19.7 Å². The number of rotatable bonds is 7. The lowest BCUT2D eigenvalue weighted by Crippen LogP contribution is -2.29. The second-order valence-electron chi connectivity index (χ2n) is 4.35. The molecular weight excluding hydrogens is 266 g/mol. The van der Waals surface area contributed by atoms with Crippen molar-refractivity contribution in [3.63, 3.8) is 0 Å². The first kappa shape index (κ1) is 15.7. The third-order valence-corrected chi connectivity index (χ3v) is 2.88. The van der Waals surface area contributed by atoms with Gasteiger partial charge >= 0.3 is 5.97 Å². The number of carbonyl (C=O) groups is 2. The smallest absolute Gasteiger partial charge is 0.303 e. The van der Waals surface area contributed by atoms with E-state index in [0.717, 1.165) is 0 Å². The van der Waals surface area contributed by atoms with E-state index in [2.05, 4.69) is 0 Å². The number of hydrogen-bond donors (Lipinski definition) is 1. The molecule has 8 nitrogen and oxygen atoms in total. The Labute approximate surface area is 115 Å². The molecule has 0 bridgehead atoms. The lowest BCUT2D eigenvalue weighted by atomic mass is 10.3. The molecule has 8 heteroatoms. The molecule has 0 atom stereocenters. The van der Waals surface area contributed by atoms with E-state index in [1.807, 2.05) is 0 Å². The standard InChI is InChI=1S/C12H17N3O5/c1-3-14-8-9(15(19)20)7-10(14)12(18)13(2)6-4-5-11(16)17/h7-8H,3-6H2,1-2H3,(H,16,17). The van der Waals surface area contributed by atoms with E-state index in [-0.39, 0.29) is 30.3 Å². The predicted octanol–water partition coefficient (Wildman–Crippen LogP) is 1.35. The fraction of sp³-hybridized carbons (Fsp3) is 0.500. The van der Waals surface area contributed by atoms with Crippen LogP contribution in [0.15, 0.2) is 12.3 Å². The van der Waals surface area contributed by atoms with Gasteiger partial charge in [-0.2, -0.15) is 0 Å². The highest BCUT2D eigenvalue weighted by molar-refractivity contribution is 5.93. The van der Waals surface area contributed by atoms with Crippen molar-refractivity contribution in [3.05, 3.63) is 28.1 Å². The molecule has 1 aromatic rings. The van der Waals surface area contributed by atoms with Gasteiger partial charge in [0.15, 0.2) is 0 Å². The Morgan fingerprint density at radius 2 is 2.15 bits per heavy atom. The van der Waals surface area contributed by atoms with Crippen LogP contribution in [0.5, 0.6) is 0 Å². The lowest BCUT2D eigenvalue weighted by Gasteiger charge is -2.17. The van der Waals surface area contributed by atoms with Crippen molar-refractivity contribution in [2.75, 3.05) is 13.6 Å². The highest BCUT2D eigenvalue weighted by atomic mass is 16.6. The third kappa shape index (κ3) is 3.81. The normalized spacial score (nSPS) is 10.3. The first-order chi connectivity index (χ1) is 9.36. The molecule has 0 radical (unpaired) electrons. The van der Waals surface area contributed by atoms with Crippen LogP contribution in [0.1, 0.15) is 30.3 Å². The van der Waals surface area contributed by atoms with Gasteiger partial charge in [0.25, 0.3) is 11.6 Å². The number of carboxylic acid groups (broad SMARTS) is 1. The number of nitro groups is 1. The first-order valence-corrected chi connectivity index (χ1v) is 6.18. The summed E-state index contributed by atoms with van der Waals surface area (Å²) in [4.78, 5) is 34.1. The highest BCUT2D eigenvalue weighted by Crippen LogP contribution is 2.18. The average Bonchev–Trinajstić information content (AvgIpc) is 2.81. The van der Waals surface area contributed by atoms with Crippen LogP contribution >= 0.6 is 0 Å². The molecule has 0 spiro atoms. The Balaban J connectivity index is 2.80. The Morgan fingerprint density at radius 1 is 1.50 bits per heavy atom. The lowest BCUT2D eigenvalue weighted by molar-refractivity contribution is -0.384. The number of aryl methyl sites for hydroxylation is 1. The molecule has 0 fully saturated rings. The van der Waals surface area contributed by atoms with Gasteiger partial charge in [0, 0.05) is 32.6 Å². The monoisotopic (exact) mass is 283 g/mol. The summed E-state index contributed by atoms with van der Waals surface area (Å²) in [5, 5.41) is 19.3. The van der Waals surface area contributed by atoms with Crippen LogP contribution < -0.4 is 0 Å². The van der Waals surface area contributed by atoms with Gasteiger partial charge in [-0.1, -0.05) is 0 Å². The van der Waals surface area contributed by atoms with Crippen molar-refractivity contribution in [3.8, 4) is 0 Å². The van der Waals surface area contributed by atoms with Gasteiger partial charge in [0.2, 0.25) is 0 Å². The zero-order chi connectivity index (χ0) is 15.3. The minimum Gasteiger partial charge on any atom is -0.481 e. The van der Waals surface area contributed by atoms with Gasteiger partial charge in [-0.25, -0.2) is 0 Å². The Bertz CT molecular complexity index is 523. The molecule has 0 aliphatic carbocycles. The average molecular weight is 283 g/mol. The minimum absolute atomic E-state index is 0.0213. The van der Waals surface area contributed by atoms with Crippen molar-refractivity contribution in [2.45, 2.75) is 26.3 Å². The van der Waals surface area contributed by atoms with E-state index in [1.54, 1.807) is 14.0 Å². The molecule has 1 N–H and O–H groups in total. The summed E-state index contributed by atoms with van der Waals surface area (Å²) in [7, 11) is 1.54. The summed E-state index contributed by atoms with van der Waals surface area (Å²) in [6.07, 6.45) is 1.64. The van der Waals surface area contributed by atoms with Crippen LogP contribution in [0.2, 0.25) is 0 Å². The van der Waals surface area contributed by atoms with E-state index >= 15 is 0 Å². The summed E-state index contributed by atoms with van der Waals surface area (Å²) in [6.45, 7) is 2.51. The number of hydrogen-bond acceptors (Lipinski definition) is 4. The Hall–Kier alpha value is -2.38. The van der Waals surface area contributed by atoms with Crippen LogP contribution in [0.4, 0.5) is 5.69 Å². The maximum Gasteiger partial charge on any atom is 0.303 e. The van der Waals surface area contributed by atoms with Crippen LogP contribution in [-0.4, -0.2) is 45.0 Å². The van der Waals surface area contributed by atoms with Crippen LogP contribution in [0.3, 0.4) is 0 Å². The molecular formula is C12H17N3O5. The van der Waals surface area contributed by atoms with Gasteiger partial charge in [0.05, 0.1) is 11.1 Å². The van der Waals surface area contributed by atoms with Gasteiger partial charge in [-0.3, -0.25) is 19.7 Å². The molecule has 0 unspecified atom stereocenters. The largest absolute Gasteiger partial charge is 0.481 e. The maximum atomic E-state index is 12.2. The fourth-order valence-electron chi connectivity index (χ4n) is 1.80. The number of carboxylic acids is 1. The van der Waals surface area contributed by atoms with Crippen molar-refractivity contribution in [2.24, 2.45) is 0 Å². The number of amides is 1. The summed E-state index contributed by atoms with van der Waals surface area (Å²) in [5.41, 5.74) is 0.103. The molecule has 110 valence electrons. The quantitative estimate of drug-likeness (QED) is 0.600. The zero-order valence-electron chi connectivity index (χ0n) is 11.4. The zero-order valence-corrected chi connectivity index (χ0v) is 11.4. The molecule has 20 heavy (non-hydrogen) atoms. The minimum atomic E-state index is -0.918. The van der Waals surface area contributed by atoms with Crippen LogP contribution in [0, 0.1) is 10.1 Å². The molecule has 1 amide bonds. The van der Waals surface area contributed by atoms with Gasteiger partial charge < -0.3 is 14.6 Å². The number of carbonyl (C=O) groups excluding carboxylic acids is 1. The maximum absolute atomic E-state index is 12.2. The van der Waals surface area contributed by atoms with Gasteiger partial charge in [0.1, 0.15) is 5.69 Å². The molecule has 0 aliphatic heterocycles. The Kier molecular flexibility index (Phi) is 5.24. The number of aliphatic carboxylic acids is 1. The van der Waals surface area contributed by atoms with Crippen molar-refractivity contribution >= 4 is 17.6 Å². The van der Waals surface area contributed by atoms with Gasteiger partial charge in [-0.15, -0.1) is 0 Å². The summed E-state index contributed by atoms with van der Waals surface area (Å²) in [5.74, 6) is -1.27. The summed E-state index contributed by atoms with van der Waals surface area (Å²) >= 11 is 0. The molecule has 0 saturated heterocycles. The van der Waals surface area contributed by atoms with Gasteiger partial charge in [-0.05, 0) is 13.3 Å². The molecule has 1 heterocycles. The Morgan fingerprint density at radius 3 is 2.65 bits per heavy atom. The SMILES string of the molecule is CCn1cc([N+](=O)[O-])cc1C(=O)N(C)CCCC(=O)O. The molecule has 1 aromatic heterocycles. The van der Waals surface area contributed by atoms with E-state index in [0.29, 0.717) is 13.0 Å². The first-order valence-electron chi connectivity index (χ1n) is 6.18. The van der Waals surface area contributed by atoms with Crippen LogP contribution in [0.25, 0.3) is 0 Å². The second kappa shape index (κ2) is 6.69. The topological polar surface area (TPSA) is 106 Å². The highest BCUT2D eigenvalue weighted by Gasteiger charge is 2.21. The summed E-state index contributed by atoms with van der Waals surface area (Å²) in [6, 6.07) is 1.24. The molecule has 0 saturated carbocycles. The molecule has 1 rings (SSSR count). The predicted molar refractivity (Wildman–Crippen MR) is 70.6 cm³/mol. The fourth-order valence-corrected chi connectivity index (χ4v) is 1.80. The van der Waals surface area contributed by atoms with E-state index < -0.39 is 10.9 Å². The van der Waals surface area contributed by atoms with E-state index in [4.69, 9.17) is 5.11 Å². The van der Waals surface area contributed by atoms with Crippen molar-refractivity contribution in [1.29, 1.82) is 0 Å². The van der Waals surface area contributed by atoms with Crippen molar-refractivity contribution in [1.82, 2.24) is 9.47 Å². The third-order valence-electron chi connectivity index (χ3n) is 2.88. The molecule has 0 aliphatic rings.